The zero-order valence-electron chi connectivity index (χ0n) is 13.4. The Balaban J connectivity index is 1.85. The van der Waals surface area contributed by atoms with Crippen LogP contribution in [-0.2, 0) is 26.1 Å². The van der Waals surface area contributed by atoms with Gasteiger partial charge in [-0.25, -0.2) is 12.7 Å². The van der Waals surface area contributed by atoms with Gasteiger partial charge >= 0.3 is 0 Å². The van der Waals surface area contributed by atoms with Crippen molar-refractivity contribution in [2.45, 2.75) is 23.9 Å². The van der Waals surface area contributed by atoms with Crippen LogP contribution in [0, 0.1) is 0 Å². The molecule has 1 atom stereocenters. The van der Waals surface area contributed by atoms with Gasteiger partial charge in [0, 0.05) is 39.6 Å². The molecule has 2 rings (SSSR count). The molecular formula is C15H23N3O4S. The van der Waals surface area contributed by atoms with E-state index in [0.29, 0.717) is 26.2 Å². The molecule has 1 aliphatic heterocycles. The molecule has 7 nitrogen and oxygen atoms in total. The van der Waals surface area contributed by atoms with E-state index in [1.54, 1.807) is 24.3 Å². The number of nitrogens with zero attached hydrogens (tertiary/aromatic N) is 1. The van der Waals surface area contributed by atoms with Crippen molar-refractivity contribution in [3.8, 4) is 0 Å². The minimum absolute atomic E-state index is 0.0522. The predicted octanol–water partition coefficient (Wildman–Crippen LogP) is -0.0684. The maximum Gasteiger partial charge on any atom is 0.242 e. The molecule has 0 spiro atoms. The molecule has 1 aromatic carbocycles. The number of rotatable bonds is 6. The van der Waals surface area contributed by atoms with Gasteiger partial charge in [0.15, 0.2) is 0 Å². The first-order chi connectivity index (χ1) is 10.9. The summed E-state index contributed by atoms with van der Waals surface area (Å²) in [5.74, 6) is -0.0574. The Morgan fingerprint density at radius 2 is 2.04 bits per heavy atom. The van der Waals surface area contributed by atoms with Gasteiger partial charge in [0.2, 0.25) is 15.9 Å². The van der Waals surface area contributed by atoms with Crippen molar-refractivity contribution in [2.24, 2.45) is 0 Å². The number of nitrogens with one attached hydrogen (secondary N) is 2. The maximum absolute atomic E-state index is 12.0. The highest BCUT2D eigenvalue weighted by molar-refractivity contribution is 7.89. The van der Waals surface area contributed by atoms with Crippen LogP contribution in [0.25, 0.3) is 0 Å². The Morgan fingerprint density at radius 1 is 1.35 bits per heavy atom. The van der Waals surface area contributed by atoms with Crippen LogP contribution in [0.2, 0.25) is 0 Å². The van der Waals surface area contributed by atoms with E-state index in [1.807, 2.05) is 0 Å². The van der Waals surface area contributed by atoms with Crippen molar-refractivity contribution in [1.82, 2.24) is 14.9 Å². The van der Waals surface area contributed by atoms with Crippen LogP contribution < -0.4 is 10.6 Å². The molecule has 8 heteroatoms. The molecule has 23 heavy (non-hydrogen) atoms. The van der Waals surface area contributed by atoms with Crippen molar-refractivity contribution < 1.29 is 17.9 Å². The second-order valence-corrected chi connectivity index (χ2v) is 7.79. The summed E-state index contributed by atoms with van der Waals surface area (Å²) in [5.41, 5.74) is 0.851. The van der Waals surface area contributed by atoms with E-state index in [-0.39, 0.29) is 16.8 Å². The molecule has 1 heterocycles. The predicted molar refractivity (Wildman–Crippen MR) is 86.4 cm³/mol. The lowest BCUT2D eigenvalue weighted by Gasteiger charge is -2.23. The van der Waals surface area contributed by atoms with E-state index in [4.69, 9.17) is 4.74 Å². The number of benzene rings is 1. The van der Waals surface area contributed by atoms with Gasteiger partial charge in [0.05, 0.1) is 18.1 Å². The highest BCUT2D eigenvalue weighted by atomic mass is 32.2. The van der Waals surface area contributed by atoms with Crippen LogP contribution in [0.1, 0.15) is 12.0 Å². The molecule has 0 bridgehead atoms. The van der Waals surface area contributed by atoms with Gasteiger partial charge in [-0.2, -0.15) is 0 Å². The fourth-order valence-electron chi connectivity index (χ4n) is 2.24. The van der Waals surface area contributed by atoms with Crippen molar-refractivity contribution in [3.05, 3.63) is 29.8 Å². The van der Waals surface area contributed by atoms with Crippen LogP contribution in [0.3, 0.4) is 0 Å². The van der Waals surface area contributed by atoms with Gasteiger partial charge < -0.3 is 15.4 Å². The second kappa shape index (κ2) is 7.87. The summed E-state index contributed by atoms with van der Waals surface area (Å²) in [6.07, 6.45) is 0.368. The third-order valence-corrected chi connectivity index (χ3v) is 5.45. The second-order valence-electron chi connectivity index (χ2n) is 5.64. The Morgan fingerprint density at radius 3 is 2.61 bits per heavy atom. The molecule has 0 aromatic heterocycles. The summed E-state index contributed by atoms with van der Waals surface area (Å²) in [6, 6.07) is 6.56. The van der Waals surface area contributed by atoms with E-state index >= 15 is 0 Å². The van der Waals surface area contributed by atoms with E-state index < -0.39 is 10.0 Å². The Bertz CT molecular complexity index is 623. The minimum atomic E-state index is -3.42. The Hall–Kier alpha value is -1.48. The minimum Gasteiger partial charge on any atom is -0.378 e. The first kappa shape index (κ1) is 17.9. The summed E-state index contributed by atoms with van der Waals surface area (Å²) in [6.45, 7) is 2.36. The average molecular weight is 341 g/mol. The highest BCUT2D eigenvalue weighted by Crippen LogP contribution is 2.14. The molecule has 1 aliphatic rings. The number of morpholine rings is 1. The zero-order valence-corrected chi connectivity index (χ0v) is 14.2. The number of sulfonamides is 1. The Kier molecular flexibility index (Phi) is 6.11. The van der Waals surface area contributed by atoms with Crippen LogP contribution in [-0.4, -0.2) is 58.5 Å². The standard InChI is InChI=1S/C15H23N3O4S/c1-18(2)23(20,21)14-5-3-12(4-6-14)10-17-15(19)9-13-11-22-8-7-16-13/h3-6,13,16H,7-11H2,1-2H3,(H,17,19). The number of carbonyl (C=O) groups excluding carboxylic acids is 1. The lowest BCUT2D eigenvalue weighted by molar-refractivity contribution is -0.122. The molecule has 1 amide bonds. The smallest absolute Gasteiger partial charge is 0.242 e. The summed E-state index contributed by atoms with van der Waals surface area (Å²) in [5, 5.41) is 6.06. The van der Waals surface area contributed by atoms with Gasteiger partial charge in [0.1, 0.15) is 0 Å². The lowest BCUT2D eigenvalue weighted by Crippen LogP contribution is -2.44. The number of hydrogen-bond donors (Lipinski definition) is 2. The van der Waals surface area contributed by atoms with E-state index in [9.17, 15) is 13.2 Å². The highest BCUT2D eigenvalue weighted by Gasteiger charge is 2.18. The van der Waals surface area contributed by atoms with E-state index in [0.717, 1.165) is 12.1 Å². The van der Waals surface area contributed by atoms with Crippen molar-refractivity contribution in [2.75, 3.05) is 33.9 Å². The largest absolute Gasteiger partial charge is 0.378 e. The van der Waals surface area contributed by atoms with Crippen LogP contribution in [0.5, 0.6) is 0 Å². The average Bonchev–Trinajstić information content (AvgIpc) is 2.54. The summed E-state index contributed by atoms with van der Waals surface area (Å²) in [4.78, 5) is 12.1. The van der Waals surface area contributed by atoms with Crippen LogP contribution >= 0.6 is 0 Å². The molecular weight excluding hydrogens is 318 g/mol. The first-order valence-electron chi connectivity index (χ1n) is 7.49. The maximum atomic E-state index is 12.0. The number of ether oxygens (including phenoxy) is 1. The Labute approximate surface area is 137 Å². The van der Waals surface area contributed by atoms with E-state index in [2.05, 4.69) is 10.6 Å². The third kappa shape index (κ3) is 5.00. The fourth-order valence-corrected chi connectivity index (χ4v) is 3.14. The van der Waals surface area contributed by atoms with Crippen LogP contribution in [0.4, 0.5) is 0 Å². The lowest BCUT2D eigenvalue weighted by atomic mass is 10.2. The SMILES string of the molecule is CN(C)S(=O)(=O)c1ccc(CNC(=O)CC2COCCN2)cc1. The van der Waals surface area contributed by atoms with Crippen molar-refractivity contribution in [1.29, 1.82) is 0 Å². The van der Waals surface area contributed by atoms with E-state index in [1.165, 1.54) is 18.4 Å². The number of hydrogen-bond acceptors (Lipinski definition) is 5. The van der Waals surface area contributed by atoms with Crippen molar-refractivity contribution >= 4 is 15.9 Å². The van der Waals surface area contributed by atoms with Gasteiger partial charge in [-0.1, -0.05) is 12.1 Å². The normalized spacial score (nSPS) is 18.8. The molecule has 128 valence electrons. The number of amides is 1. The number of carbonyl (C=O) groups is 1. The molecule has 1 fully saturated rings. The van der Waals surface area contributed by atoms with Gasteiger partial charge in [-0.05, 0) is 17.7 Å². The monoisotopic (exact) mass is 341 g/mol. The van der Waals surface area contributed by atoms with Gasteiger partial charge in [-0.3, -0.25) is 4.79 Å². The first-order valence-corrected chi connectivity index (χ1v) is 8.93. The van der Waals surface area contributed by atoms with Gasteiger partial charge in [0.25, 0.3) is 0 Å². The molecule has 1 saturated heterocycles. The summed E-state index contributed by atoms with van der Waals surface area (Å²) < 4.78 is 30.4. The fraction of sp³-hybridized carbons (Fsp3) is 0.533. The zero-order chi connectivity index (χ0) is 16.9. The molecule has 1 aromatic rings. The van der Waals surface area contributed by atoms with Gasteiger partial charge in [-0.15, -0.1) is 0 Å². The molecule has 0 radical (unpaired) electrons. The quantitative estimate of drug-likeness (QED) is 0.756. The molecule has 1 unspecified atom stereocenters. The third-order valence-electron chi connectivity index (χ3n) is 3.62. The molecule has 2 N–H and O–H groups in total. The molecule has 0 saturated carbocycles. The topological polar surface area (TPSA) is 87.7 Å². The molecule has 0 aliphatic carbocycles. The summed E-state index contributed by atoms with van der Waals surface area (Å²) >= 11 is 0. The van der Waals surface area contributed by atoms with Crippen LogP contribution in [0.15, 0.2) is 29.2 Å². The van der Waals surface area contributed by atoms with Crippen molar-refractivity contribution in [3.63, 3.8) is 0 Å². The summed E-state index contributed by atoms with van der Waals surface area (Å²) in [7, 11) is -0.435.